The second-order valence-electron chi connectivity index (χ2n) is 15.6. The fourth-order valence-electron chi connectivity index (χ4n) is 7.59. The van der Waals surface area contributed by atoms with E-state index >= 15 is 0 Å². The molecule has 3 rings (SSSR count). The topological polar surface area (TPSA) is 141 Å². The van der Waals surface area contributed by atoms with Crippen molar-refractivity contribution in [3.63, 3.8) is 0 Å². The number of hydrazine groups is 1. The third-order valence-corrected chi connectivity index (χ3v) is 10.8. The van der Waals surface area contributed by atoms with Crippen LogP contribution in [0, 0.1) is 6.92 Å². The number of Topliss-reactive ketones (excluding diaryl/α,β-unsaturated/α-hetero) is 1. The fraction of sp³-hybridized carbons (Fsp3) is 0.652. The molecular formula is C46H79N7O5. The zero-order valence-corrected chi connectivity index (χ0v) is 37.8. The van der Waals surface area contributed by atoms with E-state index in [1.807, 2.05) is 31.2 Å². The molecule has 0 radical (unpaired) electrons. The van der Waals surface area contributed by atoms with Crippen LogP contribution in [0.1, 0.15) is 122 Å². The Balaban J connectivity index is 0.000000447. The zero-order chi connectivity index (χ0) is 43.5. The highest BCUT2D eigenvalue weighted by Crippen LogP contribution is 2.28. The van der Waals surface area contributed by atoms with Gasteiger partial charge >= 0.3 is 5.97 Å². The summed E-state index contributed by atoms with van der Waals surface area (Å²) in [7, 11) is 6.20. The summed E-state index contributed by atoms with van der Waals surface area (Å²) >= 11 is 0. The fourth-order valence-corrected chi connectivity index (χ4v) is 7.59. The van der Waals surface area contributed by atoms with Crippen molar-refractivity contribution in [3.05, 3.63) is 53.1 Å². The minimum Gasteiger partial charge on any atom is -0.454 e. The van der Waals surface area contributed by atoms with Gasteiger partial charge < -0.3 is 25.2 Å². The number of hydrogen-bond donors (Lipinski definition) is 3. The number of rotatable bonds is 24. The van der Waals surface area contributed by atoms with Gasteiger partial charge in [0, 0.05) is 65.2 Å². The van der Waals surface area contributed by atoms with Crippen LogP contribution >= 0.6 is 0 Å². The molecule has 58 heavy (non-hydrogen) atoms. The van der Waals surface area contributed by atoms with Crippen molar-refractivity contribution < 1.29 is 23.9 Å². The number of nitrogens with zero attached hydrogens (tertiary/aromatic N) is 4. The Labute approximate surface area is 351 Å². The Kier molecular flexibility index (Phi) is 27.2. The van der Waals surface area contributed by atoms with E-state index < -0.39 is 12.1 Å². The van der Waals surface area contributed by atoms with Crippen LogP contribution < -0.4 is 21.5 Å². The number of para-hydroxylation sites is 1. The molecule has 2 amide bonds. The number of carbonyl (C=O) groups excluding carboxylic acids is 4. The molecule has 0 aliphatic carbocycles. The molecule has 2 atom stereocenters. The number of amides is 2. The lowest BCUT2D eigenvalue weighted by Crippen LogP contribution is -2.48. The molecule has 328 valence electrons. The van der Waals surface area contributed by atoms with Gasteiger partial charge in [0.05, 0.1) is 17.1 Å². The molecule has 1 aliphatic rings. The molecule has 1 heterocycles. The number of ketones is 1. The maximum atomic E-state index is 11.5. The van der Waals surface area contributed by atoms with Gasteiger partial charge in [-0.25, -0.2) is 5.84 Å². The minimum atomic E-state index is -0.814. The number of nitrogens with one attached hydrogen (secondary N) is 2. The van der Waals surface area contributed by atoms with Crippen LogP contribution in [0.2, 0.25) is 0 Å². The minimum absolute atomic E-state index is 0.217. The number of hydrogen-bond acceptors (Lipinski definition) is 10. The Morgan fingerprint density at radius 3 is 2.09 bits per heavy atom. The van der Waals surface area contributed by atoms with Gasteiger partial charge in [0.25, 0.3) is 0 Å². The lowest BCUT2D eigenvalue weighted by Gasteiger charge is -2.38. The Bertz CT molecular complexity index is 1460. The van der Waals surface area contributed by atoms with Gasteiger partial charge in [-0.3, -0.25) is 29.1 Å². The Hall–Kier alpha value is -3.84. The van der Waals surface area contributed by atoms with Crippen molar-refractivity contribution in [2.45, 2.75) is 144 Å². The molecule has 12 nitrogen and oxygen atoms in total. The number of carbonyl (C=O) groups is 4. The van der Waals surface area contributed by atoms with Gasteiger partial charge in [-0.2, -0.15) is 0 Å². The number of benzene rings is 2. The smallest absolute Gasteiger partial charge is 0.303 e. The number of unbranched alkanes of at least 4 members (excludes halogenated alkanes) is 2. The zero-order valence-electron chi connectivity index (χ0n) is 37.8. The van der Waals surface area contributed by atoms with Gasteiger partial charge in [0.15, 0.2) is 11.9 Å². The average molecular weight is 810 g/mol. The van der Waals surface area contributed by atoms with E-state index in [1.54, 1.807) is 13.1 Å². The lowest BCUT2D eigenvalue weighted by molar-refractivity contribution is -0.152. The van der Waals surface area contributed by atoms with Crippen molar-refractivity contribution in [2.75, 3.05) is 69.5 Å². The monoisotopic (exact) mass is 810 g/mol. The lowest BCUT2D eigenvalue weighted by atomic mass is 10.0. The van der Waals surface area contributed by atoms with Gasteiger partial charge in [-0.1, -0.05) is 90.5 Å². The maximum absolute atomic E-state index is 11.5. The van der Waals surface area contributed by atoms with Gasteiger partial charge in [-0.05, 0) is 88.9 Å². The average Bonchev–Trinajstić information content (AvgIpc) is 3.20. The van der Waals surface area contributed by atoms with E-state index in [4.69, 9.17) is 10.6 Å². The van der Waals surface area contributed by atoms with Gasteiger partial charge in [0.1, 0.15) is 0 Å². The molecule has 0 saturated carbocycles. The van der Waals surface area contributed by atoms with E-state index in [0.717, 1.165) is 47.1 Å². The number of nitrogens with two attached hydrogens (primary N) is 1. The first-order valence-electron chi connectivity index (χ1n) is 21.7. The van der Waals surface area contributed by atoms with Crippen LogP contribution in [0.5, 0.6) is 0 Å². The van der Waals surface area contributed by atoms with Gasteiger partial charge in [-0.15, -0.1) is 0 Å². The second-order valence-corrected chi connectivity index (χ2v) is 15.6. The summed E-state index contributed by atoms with van der Waals surface area (Å²) in [5.74, 6) is 5.03. The third-order valence-electron chi connectivity index (χ3n) is 10.8. The molecule has 4 N–H and O–H groups in total. The summed E-state index contributed by atoms with van der Waals surface area (Å²) < 4.78 is 5.02. The largest absolute Gasteiger partial charge is 0.454 e. The van der Waals surface area contributed by atoms with Gasteiger partial charge in [0.2, 0.25) is 12.8 Å². The van der Waals surface area contributed by atoms with Crippen molar-refractivity contribution in [1.29, 1.82) is 0 Å². The molecular weight excluding hydrogens is 731 g/mol. The highest BCUT2D eigenvalue weighted by molar-refractivity contribution is 5.85. The summed E-state index contributed by atoms with van der Waals surface area (Å²) in [5.41, 5.74) is 5.07. The standard InChI is InChI=1S/C19H33N3O.C15H20N2O4.C12H26N2/c1-4-6-7-12-18(10-5-2)21(3)15-14-17-11-8-9-13-19(17)22(20)16-23;1-9-5-12(6-13(17-8-18)15(9)16-4)7-14(10(2)19)21-11(3)20;1-4-6-12(7-5-2)14-10-8-13(3)9-11-14/h8-9,11,13,16,18H,4-7,10,12,14-15,20H2,1-3H3;5-6,8,14,16H,7H2,1-4H3,(H,17,18);12H,4-11H2,1-3H3/t;14-;/m.1./s1. The molecule has 1 fully saturated rings. The first-order valence-corrected chi connectivity index (χ1v) is 21.7. The number of aryl methyl sites for hydroxylation is 1. The van der Waals surface area contributed by atoms with Crippen molar-refractivity contribution >= 4 is 41.6 Å². The van der Waals surface area contributed by atoms with Crippen LogP contribution in [0.3, 0.4) is 0 Å². The van der Waals surface area contributed by atoms with Crippen LogP contribution in [0.15, 0.2) is 36.4 Å². The highest BCUT2D eigenvalue weighted by Gasteiger charge is 2.22. The normalized spacial score (nSPS) is 14.0. The quantitative estimate of drug-likeness (QED) is 0.0242. The van der Waals surface area contributed by atoms with Crippen molar-refractivity contribution in [3.8, 4) is 0 Å². The summed E-state index contributed by atoms with van der Waals surface area (Å²) in [6.45, 7) is 19.7. The maximum Gasteiger partial charge on any atom is 0.303 e. The number of likely N-dealkylation sites (N-methyl/N-ethyl adjacent to an activating group) is 2. The SMILES string of the molecule is CCCC(CCC)N1CCN(C)CC1.CCCCCC(CCC)N(C)CCc1ccccc1N(N)C=O.CNc1c(C)cc(C[C@@H](OC(C)=O)C(C)=O)cc1NC=O. The summed E-state index contributed by atoms with van der Waals surface area (Å²) in [6, 6.07) is 13.0. The molecule has 0 aromatic heterocycles. The van der Waals surface area contributed by atoms with Crippen molar-refractivity contribution in [1.82, 2.24) is 14.7 Å². The predicted octanol–water partition coefficient (Wildman–Crippen LogP) is 7.62. The van der Waals surface area contributed by atoms with E-state index in [2.05, 4.69) is 73.2 Å². The van der Waals surface area contributed by atoms with Crippen molar-refractivity contribution in [2.24, 2.45) is 5.84 Å². The van der Waals surface area contributed by atoms with E-state index in [0.29, 0.717) is 24.5 Å². The van der Waals surface area contributed by atoms with Crippen LogP contribution in [0.25, 0.3) is 0 Å². The molecule has 2 aromatic rings. The Morgan fingerprint density at radius 1 is 0.914 bits per heavy atom. The number of esters is 1. The molecule has 1 saturated heterocycles. The third kappa shape index (κ3) is 19.7. The number of ether oxygens (including phenoxy) is 1. The van der Waals surface area contributed by atoms with Crippen LogP contribution in [-0.2, 0) is 36.8 Å². The van der Waals surface area contributed by atoms with E-state index in [9.17, 15) is 19.2 Å². The molecule has 12 heteroatoms. The second kappa shape index (κ2) is 30.2. The summed E-state index contributed by atoms with van der Waals surface area (Å²) in [5, 5.41) is 6.79. The molecule has 1 unspecified atom stereocenters. The number of piperazine rings is 1. The summed E-state index contributed by atoms with van der Waals surface area (Å²) in [4.78, 5) is 51.8. The van der Waals surface area contributed by atoms with E-state index in [1.165, 1.54) is 109 Å². The Morgan fingerprint density at radius 2 is 1.55 bits per heavy atom. The van der Waals surface area contributed by atoms with Crippen LogP contribution in [0.4, 0.5) is 17.1 Å². The molecule has 2 aromatic carbocycles. The molecule has 0 bridgehead atoms. The highest BCUT2D eigenvalue weighted by atomic mass is 16.5. The molecule has 1 aliphatic heterocycles. The number of anilines is 3. The first-order chi connectivity index (χ1) is 27.8. The predicted molar refractivity (Wildman–Crippen MR) is 241 cm³/mol. The van der Waals surface area contributed by atoms with Crippen LogP contribution in [-0.4, -0.2) is 111 Å². The summed E-state index contributed by atoms with van der Waals surface area (Å²) in [6.07, 6.45) is 14.7. The first kappa shape index (κ1) is 52.2. The molecule has 0 spiro atoms. The van der Waals surface area contributed by atoms with E-state index in [-0.39, 0.29) is 12.2 Å².